The molecule has 20 heavy (non-hydrogen) atoms. The fraction of sp³-hybridized carbons (Fsp3) is 0.583. The number of rotatable bonds is 4. The predicted molar refractivity (Wildman–Crippen MR) is 72.2 cm³/mol. The van der Waals surface area contributed by atoms with Crippen molar-refractivity contribution in [2.75, 3.05) is 38.6 Å². The summed E-state index contributed by atoms with van der Waals surface area (Å²) in [5.74, 6) is 0.734. The van der Waals surface area contributed by atoms with E-state index in [1.807, 2.05) is 0 Å². The number of alkyl halides is 3. The first-order valence-electron chi connectivity index (χ1n) is 6.12. The smallest absolute Gasteiger partial charge is 0.379 e. The molecule has 0 unspecified atom stereocenters. The number of hydrogen-bond donors (Lipinski definition) is 0. The number of ether oxygens (including phenoxy) is 1. The Labute approximate surface area is 124 Å². The van der Waals surface area contributed by atoms with E-state index in [0.717, 1.165) is 50.9 Å². The second-order valence-electron chi connectivity index (χ2n) is 4.31. The Balaban J connectivity index is 1.86. The van der Waals surface area contributed by atoms with Gasteiger partial charge < -0.3 is 4.74 Å². The SMILES string of the molecule is FC(F)(F)c1cnc(SCCN2CCOCC2)c(Cl)c1. The van der Waals surface area contributed by atoms with E-state index < -0.39 is 11.7 Å². The minimum absolute atomic E-state index is 0.0480. The van der Waals surface area contributed by atoms with Crippen LogP contribution >= 0.6 is 23.4 Å². The van der Waals surface area contributed by atoms with Gasteiger partial charge in [0.05, 0.1) is 23.8 Å². The Hall–Kier alpha value is -0.500. The summed E-state index contributed by atoms with van der Waals surface area (Å²) in [4.78, 5) is 6.04. The molecule has 0 aromatic carbocycles. The van der Waals surface area contributed by atoms with Crippen LogP contribution in [0.15, 0.2) is 17.3 Å². The van der Waals surface area contributed by atoms with Gasteiger partial charge in [-0.1, -0.05) is 11.6 Å². The predicted octanol–water partition coefficient (Wildman–Crippen LogP) is 3.18. The molecule has 0 saturated carbocycles. The Morgan fingerprint density at radius 2 is 2.05 bits per heavy atom. The van der Waals surface area contributed by atoms with Gasteiger partial charge >= 0.3 is 6.18 Å². The summed E-state index contributed by atoms with van der Waals surface area (Å²) in [6.07, 6.45) is -3.59. The summed E-state index contributed by atoms with van der Waals surface area (Å²) in [5.41, 5.74) is -0.819. The van der Waals surface area contributed by atoms with E-state index in [2.05, 4.69) is 9.88 Å². The van der Waals surface area contributed by atoms with Gasteiger partial charge in [-0.3, -0.25) is 4.90 Å². The number of morpholine rings is 1. The third-order valence-corrected chi connectivity index (χ3v) is 4.27. The fourth-order valence-electron chi connectivity index (χ4n) is 1.78. The molecule has 0 aliphatic carbocycles. The average Bonchev–Trinajstić information content (AvgIpc) is 2.40. The number of pyridine rings is 1. The van der Waals surface area contributed by atoms with Crippen molar-refractivity contribution < 1.29 is 17.9 Å². The molecule has 2 heterocycles. The summed E-state index contributed by atoms with van der Waals surface area (Å²) in [6.45, 7) is 4.06. The van der Waals surface area contributed by atoms with E-state index in [-0.39, 0.29) is 5.02 Å². The maximum atomic E-state index is 12.5. The lowest BCUT2D eigenvalue weighted by Gasteiger charge is -2.26. The van der Waals surface area contributed by atoms with Gasteiger partial charge in [-0.05, 0) is 6.07 Å². The van der Waals surface area contributed by atoms with E-state index in [0.29, 0.717) is 5.03 Å². The fourth-order valence-corrected chi connectivity index (χ4v) is 2.98. The lowest BCUT2D eigenvalue weighted by atomic mass is 10.3. The molecule has 0 spiro atoms. The summed E-state index contributed by atoms with van der Waals surface area (Å²) in [6, 6.07) is 0.922. The molecule has 1 aromatic heterocycles. The molecule has 3 nitrogen and oxygen atoms in total. The molecule has 0 N–H and O–H groups in total. The van der Waals surface area contributed by atoms with Crippen molar-refractivity contribution in [1.29, 1.82) is 0 Å². The van der Waals surface area contributed by atoms with Crippen LogP contribution < -0.4 is 0 Å². The summed E-state index contributed by atoms with van der Waals surface area (Å²) in [7, 11) is 0. The molecule has 1 aromatic rings. The van der Waals surface area contributed by atoms with Crippen molar-refractivity contribution in [3.8, 4) is 0 Å². The van der Waals surface area contributed by atoms with Gasteiger partial charge in [0.1, 0.15) is 5.03 Å². The first-order valence-corrected chi connectivity index (χ1v) is 7.49. The zero-order valence-corrected chi connectivity index (χ0v) is 12.2. The topological polar surface area (TPSA) is 25.4 Å². The van der Waals surface area contributed by atoms with Crippen LogP contribution in [0.3, 0.4) is 0 Å². The van der Waals surface area contributed by atoms with E-state index in [9.17, 15) is 13.2 Å². The van der Waals surface area contributed by atoms with Gasteiger partial charge in [-0.15, -0.1) is 11.8 Å². The normalized spacial score (nSPS) is 17.4. The van der Waals surface area contributed by atoms with Crippen LogP contribution in [0, 0.1) is 0 Å². The molecule has 0 radical (unpaired) electrons. The molecule has 0 atom stereocenters. The largest absolute Gasteiger partial charge is 0.417 e. The molecule has 0 amide bonds. The highest BCUT2D eigenvalue weighted by Crippen LogP contribution is 2.33. The van der Waals surface area contributed by atoms with Gasteiger partial charge in [0.15, 0.2) is 0 Å². The molecule has 2 rings (SSSR count). The number of halogens is 4. The second-order valence-corrected chi connectivity index (χ2v) is 5.80. The van der Waals surface area contributed by atoms with Crippen molar-refractivity contribution in [3.05, 3.63) is 22.8 Å². The summed E-state index contributed by atoms with van der Waals surface area (Å²) in [5, 5.41) is 0.486. The zero-order chi connectivity index (χ0) is 14.6. The minimum atomic E-state index is -4.41. The highest BCUT2D eigenvalue weighted by Gasteiger charge is 2.31. The van der Waals surface area contributed by atoms with E-state index in [1.165, 1.54) is 11.8 Å². The molecular weight excluding hydrogens is 313 g/mol. The maximum Gasteiger partial charge on any atom is 0.417 e. The van der Waals surface area contributed by atoms with Crippen LogP contribution in [-0.2, 0) is 10.9 Å². The van der Waals surface area contributed by atoms with Crippen LogP contribution in [0.4, 0.5) is 13.2 Å². The van der Waals surface area contributed by atoms with Gasteiger partial charge in [0.2, 0.25) is 0 Å². The standard InChI is InChI=1S/C12H14ClF3N2OS/c13-10-7-9(12(14,15)16)8-17-11(10)20-6-3-18-1-4-19-5-2-18/h7-8H,1-6H2. The van der Waals surface area contributed by atoms with Crippen molar-refractivity contribution in [3.63, 3.8) is 0 Å². The lowest BCUT2D eigenvalue weighted by molar-refractivity contribution is -0.137. The van der Waals surface area contributed by atoms with Gasteiger partial charge in [0, 0.05) is 31.6 Å². The van der Waals surface area contributed by atoms with Crippen molar-refractivity contribution in [1.82, 2.24) is 9.88 Å². The first-order chi connectivity index (χ1) is 9.47. The highest BCUT2D eigenvalue weighted by atomic mass is 35.5. The van der Waals surface area contributed by atoms with Crippen LogP contribution in [-0.4, -0.2) is 48.5 Å². The molecule has 112 valence electrons. The quantitative estimate of drug-likeness (QED) is 0.794. The molecular formula is C12H14ClF3N2OS. The number of nitrogens with zero attached hydrogens (tertiary/aromatic N) is 2. The monoisotopic (exact) mass is 326 g/mol. The van der Waals surface area contributed by atoms with Crippen molar-refractivity contribution >= 4 is 23.4 Å². The average molecular weight is 327 g/mol. The highest BCUT2D eigenvalue weighted by molar-refractivity contribution is 7.99. The van der Waals surface area contributed by atoms with E-state index in [4.69, 9.17) is 16.3 Å². The van der Waals surface area contributed by atoms with Gasteiger partial charge in [-0.2, -0.15) is 13.2 Å². The molecule has 0 bridgehead atoms. The summed E-state index contributed by atoms with van der Waals surface area (Å²) >= 11 is 7.21. The number of aromatic nitrogens is 1. The van der Waals surface area contributed by atoms with Crippen molar-refractivity contribution in [2.24, 2.45) is 0 Å². The van der Waals surface area contributed by atoms with Crippen LogP contribution in [0.25, 0.3) is 0 Å². The second kappa shape index (κ2) is 6.98. The Morgan fingerprint density at radius 3 is 2.65 bits per heavy atom. The number of thioether (sulfide) groups is 1. The zero-order valence-electron chi connectivity index (χ0n) is 10.6. The third-order valence-electron chi connectivity index (χ3n) is 2.88. The Morgan fingerprint density at radius 1 is 1.35 bits per heavy atom. The van der Waals surface area contributed by atoms with Crippen LogP contribution in [0.5, 0.6) is 0 Å². The number of hydrogen-bond acceptors (Lipinski definition) is 4. The molecule has 8 heteroatoms. The molecule has 1 aliphatic heterocycles. The van der Waals surface area contributed by atoms with Crippen LogP contribution in [0.1, 0.15) is 5.56 Å². The Bertz CT molecular complexity index is 453. The third kappa shape index (κ3) is 4.51. The Kier molecular flexibility index (Phi) is 5.54. The molecule has 1 saturated heterocycles. The van der Waals surface area contributed by atoms with Gasteiger partial charge in [-0.25, -0.2) is 4.98 Å². The first kappa shape index (κ1) is 15.9. The van der Waals surface area contributed by atoms with E-state index in [1.54, 1.807) is 0 Å². The summed E-state index contributed by atoms with van der Waals surface area (Å²) < 4.78 is 42.7. The van der Waals surface area contributed by atoms with Crippen molar-refractivity contribution in [2.45, 2.75) is 11.2 Å². The minimum Gasteiger partial charge on any atom is -0.379 e. The molecule has 1 aliphatic rings. The van der Waals surface area contributed by atoms with Gasteiger partial charge in [0.25, 0.3) is 0 Å². The van der Waals surface area contributed by atoms with Crippen LogP contribution in [0.2, 0.25) is 5.02 Å². The molecule has 1 fully saturated rings. The van der Waals surface area contributed by atoms with E-state index >= 15 is 0 Å². The lowest BCUT2D eigenvalue weighted by Crippen LogP contribution is -2.37. The maximum absolute atomic E-state index is 12.5.